The molecule has 132 valence electrons. The molecule has 0 saturated carbocycles. The van der Waals surface area contributed by atoms with Crippen LogP contribution >= 0.6 is 11.3 Å². The van der Waals surface area contributed by atoms with Gasteiger partial charge in [-0.25, -0.2) is 4.98 Å². The maximum Gasteiger partial charge on any atom is 0.270 e. The smallest absolute Gasteiger partial charge is 0.270 e. The first-order valence-electron chi connectivity index (χ1n) is 8.17. The lowest BCUT2D eigenvalue weighted by Gasteiger charge is -2.06. The van der Waals surface area contributed by atoms with Crippen molar-refractivity contribution in [1.82, 2.24) is 20.6 Å². The molecule has 0 fully saturated rings. The maximum atomic E-state index is 12.1. The number of rotatable bonds is 7. The molecule has 2 heterocycles. The van der Waals surface area contributed by atoms with E-state index >= 15 is 0 Å². The summed E-state index contributed by atoms with van der Waals surface area (Å²) < 4.78 is 0. The zero-order valence-corrected chi connectivity index (χ0v) is 14.8. The highest BCUT2D eigenvalue weighted by molar-refractivity contribution is 7.09. The van der Waals surface area contributed by atoms with Gasteiger partial charge in [0, 0.05) is 37.3 Å². The number of carbonyl (C=O) groups excluding carboxylic acids is 2. The minimum absolute atomic E-state index is 0.217. The molecular weight excluding hydrogens is 348 g/mol. The van der Waals surface area contributed by atoms with Crippen LogP contribution in [0.2, 0.25) is 0 Å². The normalized spacial score (nSPS) is 10.3. The topological polar surface area (TPSA) is 84.0 Å². The Labute approximate surface area is 155 Å². The van der Waals surface area contributed by atoms with Crippen molar-refractivity contribution in [2.75, 3.05) is 13.1 Å². The second kappa shape index (κ2) is 8.87. The molecule has 0 aliphatic rings. The minimum Gasteiger partial charge on any atom is -0.350 e. The molecule has 0 spiro atoms. The molecule has 0 saturated heterocycles. The van der Waals surface area contributed by atoms with E-state index in [-0.39, 0.29) is 11.8 Å². The Morgan fingerprint density at radius 3 is 2.46 bits per heavy atom. The first kappa shape index (κ1) is 17.8. The summed E-state index contributed by atoms with van der Waals surface area (Å²) >= 11 is 1.47. The molecule has 2 aromatic heterocycles. The van der Waals surface area contributed by atoms with Crippen molar-refractivity contribution in [1.29, 1.82) is 0 Å². The summed E-state index contributed by atoms with van der Waals surface area (Å²) in [7, 11) is 0. The van der Waals surface area contributed by atoms with Gasteiger partial charge in [0.2, 0.25) is 0 Å². The Bertz CT molecular complexity index is 866. The summed E-state index contributed by atoms with van der Waals surface area (Å²) in [6, 6.07) is 13.4. The molecule has 7 heteroatoms. The number of amides is 2. The van der Waals surface area contributed by atoms with Gasteiger partial charge < -0.3 is 10.6 Å². The number of hydrogen-bond acceptors (Lipinski definition) is 5. The second-order valence-corrected chi connectivity index (χ2v) is 6.49. The summed E-state index contributed by atoms with van der Waals surface area (Å²) in [5, 5.41) is 8.14. The number of thiazole rings is 1. The summed E-state index contributed by atoms with van der Waals surface area (Å²) in [6.45, 7) is 0.664. The summed E-state index contributed by atoms with van der Waals surface area (Å²) in [5.41, 5.74) is 2.05. The third kappa shape index (κ3) is 4.97. The molecule has 0 atom stereocenters. The fourth-order valence-electron chi connectivity index (χ4n) is 2.31. The van der Waals surface area contributed by atoms with Crippen LogP contribution in [-0.2, 0) is 6.42 Å². The van der Waals surface area contributed by atoms with Crippen LogP contribution in [-0.4, -0.2) is 34.9 Å². The monoisotopic (exact) mass is 366 g/mol. The average molecular weight is 366 g/mol. The minimum atomic E-state index is -0.240. The van der Waals surface area contributed by atoms with Crippen molar-refractivity contribution in [3.05, 3.63) is 82.1 Å². The number of carbonyl (C=O) groups is 2. The largest absolute Gasteiger partial charge is 0.350 e. The average Bonchev–Trinajstić information content (AvgIpc) is 3.15. The van der Waals surface area contributed by atoms with Gasteiger partial charge in [-0.3, -0.25) is 14.6 Å². The molecule has 2 amide bonds. The van der Waals surface area contributed by atoms with E-state index in [0.29, 0.717) is 30.8 Å². The highest BCUT2D eigenvalue weighted by Crippen LogP contribution is 2.14. The molecule has 3 rings (SSSR count). The van der Waals surface area contributed by atoms with E-state index in [1.165, 1.54) is 17.5 Å². The Morgan fingerprint density at radius 1 is 0.962 bits per heavy atom. The SMILES string of the molecule is O=C(NCCNC(=O)c1csc(Cc2ccccc2)n1)c1cccnc1. The lowest BCUT2D eigenvalue weighted by atomic mass is 10.2. The van der Waals surface area contributed by atoms with E-state index in [2.05, 4.69) is 20.6 Å². The van der Waals surface area contributed by atoms with Crippen molar-refractivity contribution in [2.45, 2.75) is 6.42 Å². The first-order valence-corrected chi connectivity index (χ1v) is 9.05. The van der Waals surface area contributed by atoms with E-state index in [0.717, 1.165) is 10.6 Å². The first-order chi connectivity index (χ1) is 12.7. The van der Waals surface area contributed by atoms with Crippen LogP contribution < -0.4 is 10.6 Å². The van der Waals surface area contributed by atoms with Crippen LogP contribution in [0.1, 0.15) is 31.4 Å². The van der Waals surface area contributed by atoms with E-state index < -0.39 is 0 Å². The molecule has 3 aromatic rings. The van der Waals surface area contributed by atoms with Gasteiger partial charge in [-0.05, 0) is 17.7 Å². The molecular formula is C19H18N4O2S. The summed E-state index contributed by atoms with van der Waals surface area (Å²) in [4.78, 5) is 32.3. The van der Waals surface area contributed by atoms with Gasteiger partial charge in [0.1, 0.15) is 5.69 Å². The van der Waals surface area contributed by atoms with E-state index in [9.17, 15) is 9.59 Å². The fourth-order valence-corrected chi connectivity index (χ4v) is 3.12. The highest BCUT2D eigenvalue weighted by atomic mass is 32.1. The van der Waals surface area contributed by atoms with Gasteiger partial charge in [0.15, 0.2) is 0 Å². The third-order valence-electron chi connectivity index (χ3n) is 3.60. The number of hydrogen-bond donors (Lipinski definition) is 2. The quantitative estimate of drug-likeness (QED) is 0.629. The zero-order valence-electron chi connectivity index (χ0n) is 14.0. The van der Waals surface area contributed by atoms with Crippen molar-refractivity contribution in [3.63, 3.8) is 0 Å². The number of aromatic nitrogens is 2. The number of nitrogens with one attached hydrogen (secondary N) is 2. The molecule has 26 heavy (non-hydrogen) atoms. The highest BCUT2D eigenvalue weighted by Gasteiger charge is 2.11. The standard InChI is InChI=1S/C19H18N4O2S/c24-18(15-7-4-8-20-12-15)21-9-10-22-19(25)16-13-26-17(23-16)11-14-5-2-1-3-6-14/h1-8,12-13H,9-11H2,(H,21,24)(H,22,25). The fraction of sp³-hybridized carbons (Fsp3) is 0.158. The van der Waals surface area contributed by atoms with Crippen molar-refractivity contribution in [2.24, 2.45) is 0 Å². The maximum absolute atomic E-state index is 12.1. The molecule has 0 radical (unpaired) electrons. The molecule has 0 aliphatic carbocycles. The Morgan fingerprint density at radius 2 is 1.73 bits per heavy atom. The van der Waals surface area contributed by atoms with Crippen molar-refractivity contribution in [3.8, 4) is 0 Å². The van der Waals surface area contributed by atoms with Crippen molar-refractivity contribution < 1.29 is 9.59 Å². The van der Waals surface area contributed by atoms with Crippen LogP contribution in [0.15, 0.2) is 60.2 Å². The molecule has 2 N–H and O–H groups in total. The van der Waals surface area contributed by atoms with Gasteiger partial charge in [0.05, 0.1) is 10.6 Å². The zero-order chi connectivity index (χ0) is 18.2. The van der Waals surface area contributed by atoms with Gasteiger partial charge in [-0.2, -0.15) is 0 Å². The Kier molecular flexibility index (Phi) is 6.05. The predicted molar refractivity (Wildman–Crippen MR) is 100 cm³/mol. The van der Waals surface area contributed by atoms with E-state index in [4.69, 9.17) is 0 Å². The number of nitrogens with zero attached hydrogens (tertiary/aromatic N) is 2. The molecule has 6 nitrogen and oxygen atoms in total. The lowest BCUT2D eigenvalue weighted by molar-refractivity contribution is 0.0925. The van der Waals surface area contributed by atoms with Crippen molar-refractivity contribution >= 4 is 23.2 Å². The second-order valence-electron chi connectivity index (χ2n) is 5.54. The van der Waals surface area contributed by atoms with Gasteiger partial charge in [-0.1, -0.05) is 30.3 Å². The molecule has 1 aromatic carbocycles. The van der Waals surface area contributed by atoms with Crippen LogP contribution in [0.25, 0.3) is 0 Å². The Balaban J connectivity index is 1.43. The third-order valence-corrected chi connectivity index (χ3v) is 4.45. The van der Waals surface area contributed by atoms with Crippen LogP contribution in [0.3, 0.4) is 0 Å². The number of benzene rings is 1. The summed E-state index contributed by atoms with van der Waals surface area (Å²) in [6.07, 6.45) is 3.81. The number of pyridine rings is 1. The van der Waals surface area contributed by atoms with E-state index in [1.54, 1.807) is 23.7 Å². The van der Waals surface area contributed by atoms with Crippen LogP contribution in [0.4, 0.5) is 0 Å². The van der Waals surface area contributed by atoms with Gasteiger partial charge in [-0.15, -0.1) is 11.3 Å². The Hall–Kier alpha value is -3.06. The molecule has 0 bridgehead atoms. The predicted octanol–water partition coefficient (Wildman–Crippen LogP) is 2.29. The van der Waals surface area contributed by atoms with Gasteiger partial charge >= 0.3 is 0 Å². The molecule has 0 aliphatic heterocycles. The van der Waals surface area contributed by atoms with Crippen LogP contribution in [0, 0.1) is 0 Å². The van der Waals surface area contributed by atoms with Gasteiger partial charge in [0.25, 0.3) is 11.8 Å². The lowest BCUT2D eigenvalue weighted by Crippen LogP contribution is -2.34. The molecule has 0 unspecified atom stereocenters. The van der Waals surface area contributed by atoms with Crippen LogP contribution in [0.5, 0.6) is 0 Å². The summed E-state index contributed by atoms with van der Waals surface area (Å²) in [5.74, 6) is -0.456. The van der Waals surface area contributed by atoms with E-state index in [1.807, 2.05) is 30.3 Å².